The van der Waals surface area contributed by atoms with Crippen molar-refractivity contribution in [3.05, 3.63) is 35.4 Å². The first-order valence-corrected chi connectivity index (χ1v) is 6.87. The smallest absolute Gasteiger partial charge is 0.335 e. The van der Waals surface area contributed by atoms with Crippen LogP contribution in [0.5, 0.6) is 0 Å². The van der Waals surface area contributed by atoms with Crippen molar-refractivity contribution in [2.75, 3.05) is 6.54 Å². The van der Waals surface area contributed by atoms with E-state index in [1.54, 1.807) is 24.3 Å². The number of carboxylic acid groups (broad SMARTS) is 1. The average Bonchev–Trinajstić information content (AvgIpc) is 2.39. The van der Waals surface area contributed by atoms with Crippen LogP contribution in [0.4, 0.5) is 0 Å². The SMILES string of the molecule is CCCC(N)CC(=O)NCCc1ccc(C(=O)O)cc1. The summed E-state index contributed by atoms with van der Waals surface area (Å²) in [7, 11) is 0. The van der Waals surface area contributed by atoms with E-state index in [-0.39, 0.29) is 17.5 Å². The molecule has 5 nitrogen and oxygen atoms in total. The highest BCUT2D eigenvalue weighted by Gasteiger charge is 2.08. The highest BCUT2D eigenvalue weighted by Crippen LogP contribution is 2.05. The van der Waals surface area contributed by atoms with Crippen LogP contribution >= 0.6 is 0 Å². The first-order valence-electron chi connectivity index (χ1n) is 6.87. The van der Waals surface area contributed by atoms with Crippen LogP contribution in [-0.4, -0.2) is 29.6 Å². The van der Waals surface area contributed by atoms with Crippen LogP contribution in [0.25, 0.3) is 0 Å². The number of aromatic carboxylic acids is 1. The number of nitrogens with two attached hydrogens (primary N) is 1. The summed E-state index contributed by atoms with van der Waals surface area (Å²) in [4.78, 5) is 22.3. The third-order valence-electron chi connectivity index (χ3n) is 3.04. The van der Waals surface area contributed by atoms with Crippen molar-refractivity contribution in [3.63, 3.8) is 0 Å². The van der Waals surface area contributed by atoms with Crippen LogP contribution in [0.3, 0.4) is 0 Å². The largest absolute Gasteiger partial charge is 0.478 e. The molecule has 1 aromatic rings. The lowest BCUT2D eigenvalue weighted by Crippen LogP contribution is -2.32. The molecule has 1 aromatic carbocycles. The van der Waals surface area contributed by atoms with Crippen LogP contribution in [-0.2, 0) is 11.2 Å². The van der Waals surface area contributed by atoms with E-state index in [1.165, 1.54) is 0 Å². The Hall–Kier alpha value is -1.88. The van der Waals surface area contributed by atoms with Crippen LogP contribution in [0.2, 0.25) is 0 Å². The number of hydrogen-bond donors (Lipinski definition) is 3. The van der Waals surface area contributed by atoms with Gasteiger partial charge in [-0.3, -0.25) is 4.79 Å². The molecule has 1 amide bonds. The van der Waals surface area contributed by atoms with Crippen molar-refractivity contribution < 1.29 is 14.7 Å². The van der Waals surface area contributed by atoms with Gasteiger partial charge in [0.15, 0.2) is 0 Å². The molecule has 0 aliphatic rings. The number of rotatable bonds is 8. The number of carbonyl (C=O) groups excluding carboxylic acids is 1. The standard InChI is InChI=1S/C15H22N2O3/c1-2-3-13(16)10-14(18)17-9-8-11-4-6-12(7-5-11)15(19)20/h4-7,13H,2-3,8-10,16H2,1H3,(H,17,18)(H,19,20). The number of carbonyl (C=O) groups is 2. The summed E-state index contributed by atoms with van der Waals surface area (Å²) < 4.78 is 0. The minimum Gasteiger partial charge on any atom is -0.478 e. The number of carboxylic acids is 1. The molecule has 1 rings (SSSR count). The fourth-order valence-electron chi connectivity index (χ4n) is 1.94. The minimum absolute atomic E-state index is 0.0342. The van der Waals surface area contributed by atoms with Gasteiger partial charge in [0.1, 0.15) is 0 Å². The fraction of sp³-hybridized carbons (Fsp3) is 0.467. The predicted octanol–water partition coefficient (Wildman–Crippen LogP) is 1.56. The predicted molar refractivity (Wildman–Crippen MR) is 77.6 cm³/mol. The van der Waals surface area contributed by atoms with E-state index in [0.717, 1.165) is 18.4 Å². The van der Waals surface area contributed by atoms with E-state index >= 15 is 0 Å². The maximum Gasteiger partial charge on any atom is 0.335 e. The zero-order valence-electron chi connectivity index (χ0n) is 11.8. The molecule has 0 radical (unpaired) electrons. The average molecular weight is 278 g/mol. The van der Waals surface area contributed by atoms with Crippen LogP contribution in [0.1, 0.15) is 42.1 Å². The monoisotopic (exact) mass is 278 g/mol. The van der Waals surface area contributed by atoms with E-state index in [9.17, 15) is 9.59 Å². The first-order chi connectivity index (χ1) is 9.52. The van der Waals surface area contributed by atoms with Gasteiger partial charge in [0.25, 0.3) is 0 Å². The van der Waals surface area contributed by atoms with Crippen LogP contribution in [0.15, 0.2) is 24.3 Å². The molecule has 110 valence electrons. The Labute approximate surface area is 119 Å². The third kappa shape index (κ3) is 5.84. The Morgan fingerprint density at radius 1 is 1.30 bits per heavy atom. The Morgan fingerprint density at radius 3 is 2.50 bits per heavy atom. The molecule has 5 heteroatoms. The molecule has 0 bridgehead atoms. The van der Waals surface area contributed by atoms with Crippen LogP contribution < -0.4 is 11.1 Å². The van der Waals surface area contributed by atoms with Gasteiger partial charge in [0.05, 0.1) is 5.56 Å². The molecule has 0 saturated carbocycles. The normalized spacial score (nSPS) is 11.9. The number of amides is 1. The topological polar surface area (TPSA) is 92.4 Å². The van der Waals surface area contributed by atoms with E-state index in [1.807, 2.05) is 6.92 Å². The van der Waals surface area contributed by atoms with Gasteiger partial charge < -0.3 is 16.2 Å². The fourth-order valence-corrected chi connectivity index (χ4v) is 1.94. The summed E-state index contributed by atoms with van der Waals surface area (Å²) in [6.07, 6.45) is 2.86. The third-order valence-corrected chi connectivity index (χ3v) is 3.04. The van der Waals surface area contributed by atoms with Crippen molar-refractivity contribution in [2.24, 2.45) is 5.73 Å². The van der Waals surface area contributed by atoms with Gasteiger partial charge in [0, 0.05) is 19.0 Å². The molecule has 0 aliphatic heterocycles. The van der Waals surface area contributed by atoms with Gasteiger partial charge in [-0.05, 0) is 30.5 Å². The van der Waals surface area contributed by atoms with Crippen molar-refractivity contribution >= 4 is 11.9 Å². The van der Waals surface area contributed by atoms with Gasteiger partial charge in [0.2, 0.25) is 5.91 Å². The Balaban J connectivity index is 2.30. The summed E-state index contributed by atoms with van der Waals surface area (Å²) in [5, 5.41) is 11.6. The molecule has 0 aliphatic carbocycles. The van der Waals surface area contributed by atoms with Gasteiger partial charge in [-0.25, -0.2) is 4.79 Å². The number of nitrogens with one attached hydrogen (secondary N) is 1. The second kappa shape index (κ2) is 8.32. The van der Waals surface area contributed by atoms with E-state index in [4.69, 9.17) is 10.8 Å². The van der Waals surface area contributed by atoms with Gasteiger partial charge in [-0.15, -0.1) is 0 Å². The molecule has 0 aromatic heterocycles. The van der Waals surface area contributed by atoms with Gasteiger partial charge in [-0.2, -0.15) is 0 Å². The molecule has 0 fully saturated rings. The number of hydrogen-bond acceptors (Lipinski definition) is 3. The second-order valence-electron chi connectivity index (χ2n) is 4.85. The zero-order chi connectivity index (χ0) is 15.0. The van der Waals surface area contributed by atoms with E-state index in [0.29, 0.717) is 19.4 Å². The maximum atomic E-state index is 11.6. The Bertz CT molecular complexity index is 443. The van der Waals surface area contributed by atoms with E-state index in [2.05, 4.69) is 5.32 Å². The molecule has 20 heavy (non-hydrogen) atoms. The Kier molecular flexibility index (Phi) is 6.73. The summed E-state index contributed by atoms with van der Waals surface area (Å²) in [6.45, 7) is 2.57. The molecule has 4 N–H and O–H groups in total. The van der Waals surface area contributed by atoms with Gasteiger partial charge in [-0.1, -0.05) is 25.5 Å². The Morgan fingerprint density at radius 2 is 1.95 bits per heavy atom. The minimum atomic E-state index is -0.935. The van der Waals surface area contributed by atoms with Crippen molar-refractivity contribution in [1.82, 2.24) is 5.32 Å². The molecular formula is C15H22N2O3. The molecular weight excluding hydrogens is 256 g/mol. The summed E-state index contributed by atoms with van der Waals surface area (Å²) in [6, 6.07) is 6.58. The molecule has 1 unspecified atom stereocenters. The second-order valence-corrected chi connectivity index (χ2v) is 4.85. The summed E-state index contributed by atoms with van der Waals surface area (Å²) >= 11 is 0. The van der Waals surface area contributed by atoms with Crippen molar-refractivity contribution in [2.45, 2.75) is 38.6 Å². The number of benzene rings is 1. The lowest BCUT2D eigenvalue weighted by atomic mass is 10.1. The maximum absolute atomic E-state index is 11.6. The zero-order valence-corrected chi connectivity index (χ0v) is 11.8. The lowest BCUT2D eigenvalue weighted by Gasteiger charge is -2.10. The van der Waals surface area contributed by atoms with E-state index < -0.39 is 5.97 Å². The quantitative estimate of drug-likeness (QED) is 0.673. The summed E-state index contributed by atoms with van der Waals surface area (Å²) in [5.74, 6) is -0.970. The van der Waals surface area contributed by atoms with Gasteiger partial charge >= 0.3 is 5.97 Å². The molecule has 0 saturated heterocycles. The summed E-state index contributed by atoms with van der Waals surface area (Å²) in [5.41, 5.74) is 7.06. The molecule has 1 atom stereocenters. The van der Waals surface area contributed by atoms with Crippen molar-refractivity contribution in [1.29, 1.82) is 0 Å². The van der Waals surface area contributed by atoms with Crippen LogP contribution in [0, 0.1) is 0 Å². The molecule has 0 spiro atoms. The van der Waals surface area contributed by atoms with Crippen molar-refractivity contribution in [3.8, 4) is 0 Å². The first kappa shape index (κ1) is 16.2. The molecule has 0 heterocycles. The highest BCUT2D eigenvalue weighted by molar-refractivity contribution is 5.87. The highest BCUT2D eigenvalue weighted by atomic mass is 16.4. The lowest BCUT2D eigenvalue weighted by molar-refractivity contribution is -0.121.